The molecule has 1 amide bonds. The van der Waals surface area contributed by atoms with Gasteiger partial charge in [-0.2, -0.15) is 0 Å². The Morgan fingerprint density at radius 3 is 2.68 bits per heavy atom. The van der Waals surface area contributed by atoms with Crippen LogP contribution in [-0.4, -0.2) is 35.6 Å². The number of carbonyl (C=O) groups excluding carboxylic acids is 1. The Hall–Kier alpha value is -2.54. The normalized spacial score (nSPS) is 10.8. The van der Waals surface area contributed by atoms with Crippen LogP contribution in [0.4, 0.5) is 0 Å². The summed E-state index contributed by atoms with van der Waals surface area (Å²) in [6.07, 6.45) is 0. The number of likely N-dealkylation sites (N-methyl/N-ethyl adjacent to an activating group) is 1. The van der Waals surface area contributed by atoms with Crippen LogP contribution < -0.4 is 10.5 Å². The van der Waals surface area contributed by atoms with Crippen molar-refractivity contribution in [2.75, 3.05) is 20.2 Å². The summed E-state index contributed by atoms with van der Waals surface area (Å²) in [5, 5.41) is 0. The first-order valence-corrected chi connectivity index (χ1v) is 8.54. The van der Waals surface area contributed by atoms with Gasteiger partial charge in [0, 0.05) is 11.5 Å². The van der Waals surface area contributed by atoms with Crippen LogP contribution in [0.2, 0.25) is 0 Å². The van der Waals surface area contributed by atoms with E-state index in [0.717, 1.165) is 10.2 Å². The topological polar surface area (TPSA) is 64.7 Å². The van der Waals surface area contributed by atoms with E-state index < -0.39 is 5.76 Å². The molecule has 0 aliphatic heterocycles. The molecule has 0 saturated heterocycles. The molecule has 0 N–H and O–H groups in total. The fourth-order valence-electron chi connectivity index (χ4n) is 2.38. The van der Waals surface area contributed by atoms with Crippen LogP contribution in [0.1, 0.15) is 0 Å². The molecule has 1 aromatic heterocycles. The Labute approximate surface area is 152 Å². The predicted octanol–water partition coefficient (Wildman–Crippen LogP) is 2.89. The second-order valence-corrected chi connectivity index (χ2v) is 6.46. The molecule has 7 heteroatoms. The van der Waals surface area contributed by atoms with E-state index in [4.69, 9.17) is 9.15 Å². The Morgan fingerprint density at radius 1 is 1.20 bits per heavy atom. The number of oxazole rings is 1. The SMILES string of the molecule is CN(CCOc1ccc(Br)cc1)C(=O)Cn1c(=O)oc2ccccc21. The van der Waals surface area contributed by atoms with Crippen LogP contribution in [0.5, 0.6) is 5.75 Å². The monoisotopic (exact) mass is 404 g/mol. The van der Waals surface area contributed by atoms with Crippen LogP contribution in [-0.2, 0) is 11.3 Å². The molecule has 3 rings (SSSR count). The molecule has 25 heavy (non-hydrogen) atoms. The molecule has 1 heterocycles. The zero-order valence-electron chi connectivity index (χ0n) is 13.6. The number of ether oxygens (including phenoxy) is 1. The lowest BCUT2D eigenvalue weighted by atomic mass is 10.3. The molecule has 0 spiro atoms. The van der Waals surface area contributed by atoms with Gasteiger partial charge in [0.05, 0.1) is 12.1 Å². The number of halogens is 1. The van der Waals surface area contributed by atoms with Gasteiger partial charge < -0.3 is 14.1 Å². The molecule has 130 valence electrons. The van der Waals surface area contributed by atoms with Crippen molar-refractivity contribution in [2.24, 2.45) is 0 Å². The van der Waals surface area contributed by atoms with Gasteiger partial charge in [-0.05, 0) is 36.4 Å². The maximum atomic E-state index is 12.4. The molecule has 0 fully saturated rings. The van der Waals surface area contributed by atoms with Crippen molar-refractivity contribution in [3.05, 3.63) is 63.6 Å². The molecule has 0 atom stereocenters. The quantitative estimate of drug-likeness (QED) is 0.633. The van der Waals surface area contributed by atoms with Gasteiger partial charge in [0.1, 0.15) is 18.9 Å². The molecule has 6 nitrogen and oxygen atoms in total. The summed E-state index contributed by atoms with van der Waals surface area (Å²) in [6, 6.07) is 14.5. The van der Waals surface area contributed by atoms with Crippen molar-refractivity contribution >= 4 is 32.9 Å². The summed E-state index contributed by atoms with van der Waals surface area (Å²) in [6.45, 7) is 0.717. The van der Waals surface area contributed by atoms with Crippen LogP contribution in [0.25, 0.3) is 11.1 Å². The zero-order valence-corrected chi connectivity index (χ0v) is 15.2. The summed E-state index contributed by atoms with van der Waals surface area (Å²) in [7, 11) is 1.68. The van der Waals surface area contributed by atoms with Crippen molar-refractivity contribution < 1.29 is 13.9 Å². The first-order chi connectivity index (χ1) is 12.0. The molecule has 0 bridgehead atoms. The van der Waals surface area contributed by atoms with Crippen molar-refractivity contribution in [2.45, 2.75) is 6.54 Å². The lowest BCUT2D eigenvalue weighted by Crippen LogP contribution is -2.35. The minimum Gasteiger partial charge on any atom is -0.492 e. The number of amides is 1. The van der Waals surface area contributed by atoms with Crippen molar-refractivity contribution in [1.29, 1.82) is 0 Å². The predicted molar refractivity (Wildman–Crippen MR) is 97.7 cm³/mol. The lowest BCUT2D eigenvalue weighted by Gasteiger charge is -2.17. The third kappa shape index (κ3) is 4.11. The maximum Gasteiger partial charge on any atom is 0.420 e. The van der Waals surface area contributed by atoms with E-state index in [0.29, 0.717) is 24.3 Å². The number of aromatic nitrogens is 1. The highest BCUT2D eigenvalue weighted by molar-refractivity contribution is 9.10. The summed E-state index contributed by atoms with van der Waals surface area (Å²) in [4.78, 5) is 25.8. The Morgan fingerprint density at radius 2 is 1.92 bits per heavy atom. The zero-order chi connectivity index (χ0) is 17.8. The first kappa shape index (κ1) is 17.3. The largest absolute Gasteiger partial charge is 0.492 e. The van der Waals surface area contributed by atoms with E-state index >= 15 is 0 Å². The molecule has 2 aromatic carbocycles. The van der Waals surface area contributed by atoms with E-state index in [-0.39, 0.29) is 12.5 Å². The average molecular weight is 405 g/mol. The second-order valence-electron chi connectivity index (χ2n) is 5.54. The highest BCUT2D eigenvalue weighted by atomic mass is 79.9. The molecule has 0 aliphatic carbocycles. The first-order valence-electron chi connectivity index (χ1n) is 7.75. The van der Waals surface area contributed by atoms with Gasteiger partial charge in [-0.1, -0.05) is 28.1 Å². The smallest absolute Gasteiger partial charge is 0.420 e. The average Bonchev–Trinajstić information content (AvgIpc) is 2.92. The molecular weight excluding hydrogens is 388 g/mol. The Bertz CT molecular complexity index is 930. The van der Waals surface area contributed by atoms with Crippen molar-refractivity contribution in [3.8, 4) is 5.75 Å². The Kier molecular flexibility index (Phi) is 5.23. The van der Waals surface area contributed by atoms with Gasteiger partial charge in [0.15, 0.2) is 5.58 Å². The standard InChI is InChI=1S/C18H17BrN2O4/c1-20(10-11-24-14-8-6-13(19)7-9-14)17(22)12-21-15-4-2-3-5-16(15)25-18(21)23/h2-9H,10-12H2,1H3. The van der Waals surface area contributed by atoms with Crippen LogP contribution in [0.15, 0.2) is 62.2 Å². The van der Waals surface area contributed by atoms with E-state index in [2.05, 4.69) is 15.9 Å². The van der Waals surface area contributed by atoms with Gasteiger partial charge in [-0.3, -0.25) is 9.36 Å². The number of rotatable bonds is 6. The van der Waals surface area contributed by atoms with Crippen molar-refractivity contribution in [1.82, 2.24) is 9.47 Å². The number of carbonyl (C=O) groups is 1. The van der Waals surface area contributed by atoms with Crippen LogP contribution in [0.3, 0.4) is 0 Å². The van der Waals surface area contributed by atoms with Crippen LogP contribution >= 0.6 is 15.9 Å². The van der Waals surface area contributed by atoms with E-state index in [1.807, 2.05) is 24.3 Å². The minimum atomic E-state index is -0.533. The summed E-state index contributed by atoms with van der Waals surface area (Å²) in [5.74, 6) is 0.0169. The van der Waals surface area contributed by atoms with Gasteiger partial charge in [0.2, 0.25) is 5.91 Å². The Balaban J connectivity index is 1.58. The fourth-order valence-corrected chi connectivity index (χ4v) is 2.64. The van der Waals surface area contributed by atoms with Gasteiger partial charge in [-0.15, -0.1) is 0 Å². The fraction of sp³-hybridized carbons (Fsp3) is 0.222. The number of fused-ring (bicyclic) bond motifs is 1. The summed E-state index contributed by atoms with van der Waals surface area (Å²) >= 11 is 3.36. The highest BCUT2D eigenvalue weighted by Gasteiger charge is 2.15. The molecule has 0 unspecified atom stereocenters. The van der Waals surface area contributed by atoms with Gasteiger partial charge in [0.25, 0.3) is 0 Å². The third-order valence-corrected chi connectivity index (χ3v) is 4.33. The second kappa shape index (κ2) is 7.57. The van der Waals surface area contributed by atoms with E-state index in [1.165, 1.54) is 9.47 Å². The van der Waals surface area contributed by atoms with Gasteiger partial charge >= 0.3 is 5.76 Å². The third-order valence-electron chi connectivity index (χ3n) is 3.80. The van der Waals surface area contributed by atoms with E-state index in [9.17, 15) is 9.59 Å². The number of nitrogens with zero attached hydrogens (tertiary/aromatic N) is 2. The molecular formula is C18H17BrN2O4. The van der Waals surface area contributed by atoms with Crippen LogP contribution in [0, 0.1) is 0 Å². The lowest BCUT2D eigenvalue weighted by molar-refractivity contribution is -0.130. The molecule has 0 saturated carbocycles. The number of hydrogen-bond donors (Lipinski definition) is 0. The maximum absolute atomic E-state index is 12.4. The summed E-state index contributed by atoms with van der Waals surface area (Å²) < 4.78 is 13.1. The number of para-hydroxylation sites is 2. The number of hydrogen-bond acceptors (Lipinski definition) is 4. The molecule has 3 aromatic rings. The minimum absolute atomic E-state index is 0.0649. The van der Waals surface area contributed by atoms with E-state index in [1.54, 1.807) is 31.3 Å². The molecule has 0 aliphatic rings. The van der Waals surface area contributed by atoms with Crippen molar-refractivity contribution in [3.63, 3.8) is 0 Å². The molecule has 0 radical (unpaired) electrons. The highest BCUT2D eigenvalue weighted by Crippen LogP contribution is 2.16. The summed E-state index contributed by atoms with van der Waals surface area (Å²) in [5.41, 5.74) is 1.09. The van der Waals surface area contributed by atoms with Gasteiger partial charge in [-0.25, -0.2) is 4.79 Å². The number of benzene rings is 2.